The Hall–Kier alpha value is -3.80. The molecule has 0 aliphatic carbocycles. The maximum Gasteiger partial charge on any atom is 0.272 e. The molecule has 0 spiro atoms. The fourth-order valence-electron chi connectivity index (χ4n) is 4.84. The molecule has 0 unspecified atom stereocenters. The normalized spacial score (nSPS) is 14.0. The van der Waals surface area contributed by atoms with Gasteiger partial charge in [-0.15, -0.1) is 0 Å². The van der Waals surface area contributed by atoms with Gasteiger partial charge < -0.3 is 14.4 Å². The summed E-state index contributed by atoms with van der Waals surface area (Å²) in [5, 5.41) is 4.90. The first kappa shape index (κ1) is 22.0. The van der Waals surface area contributed by atoms with E-state index in [9.17, 15) is 4.79 Å². The van der Waals surface area contributed by atoms with Crippen LogP contribution < -0.4 is 4.90 Å². The van der Waals surface area contributed by atoms with E-state index >= 15 is 0 Å². The number of benzene rings is 2. The third-order valence-corrected chi connectivity index (χ3v) is 6.74. The maximum atomic E-state index is 13.8. The van der Waals surface area contributed by atoms with Crippen molar-refractivity contribution in [1.82, 2.24) is 19.2 Å². The number of piperazine rings is 1. The van der Waals surface area contributed by atoms with Gasteiger partial charge >= 0.3 is 0 Å². The van der Waals surface area contributed by atoms with Crippen LogP contribution in [0.15, 0.2) is 66.9 Å². The molecule has 174 valence electrons. The van der Waals surface area contributed by atoms with E-state index in [0.717, 1.165) is 35.7 Å². The van der Waals surface area contributed by atoms with Gasteiger partial charge in [0.1, 0.15) is 11.4 Å². The van der Waals surface area contributed by atoms with Crippen LogP contribution >= 0.6 is 0 Å². The van der Waals surface area contributed by atoms with Crippen molar-refractivity contribution in [2.45, 2.75) is 20.8 Å². The van der Waals surface area contributed by atoms with E-state index < -0.39 is 0 Å². The zero-order chi connectivity index (χ0) is 23.8. The van der Waals surface area contributed by atoms with Crippen LogP contribution in [0.4, 0.5) is 5.69 Å². The van der Waals surface area contributed by atoms with Crippen LogP contribution in [0.1, 0.15) is 27.2 Å². The molecule has 2 aromatic heterocycles. The predicted molar refractivity (Wildman–Crippen MR) is 137 cm³/mol. The van der Waals surface area contributed by atoms with Gasteiger partial charge in [0, 0.05) is 45.1 Å². The number of aryl methyl sites for hydroxylation is 4. The number of hydrogen-bond donors (Lipinski definition) is 0. The summed E-state index contributed by atoms with van der Waals surface area (Å²) < 4.78 is 3.86. The fraction of sp³-hybridized carbons (Fsp3) is 0.286. The molecule has 0 saturated carbocycles. The molecular formula is C28H31N5O. The lowest BCUT2D eigenvalue weighted by Crippen LogP contribution is -2.49. The second kappa shape index (κ2) is 8.86. The lowest BCUT2D eigenvalue weighted by atomic mass is 10.1. The number of hydrogen-bond acceptors (Lipinski definition) is 3. The number of aromatic nitrogens is 3. The average molecular weight is 454 g/mol. The molecule has 34 heavy (non-hydrogen) atoms. The Morgan fingerprint density at radius 2 is 1.59 bits per heavy atom. The highest BCUT2D eigenvalue weighted by Crippen LogP contribution is 2.26. The Kier molecular flexibility index (Phi) is 5.74. The van der Waals surface area contributed by atoms with Gasteiger partial charge in [0.05, 0.1) is 11.4 Å². The monoisotopic (exact) mass is 453 g/mol. The third-order valence-electron chi connectivity index (χ3n) is 6.74. The molecular weight excluding hydrogens is 422 g/mol. The Morgan fingerprint density at radius 1 is 0.824 bits per heavy atom. The van der Waals surface area contributed by atoms with Gasteiger partial charge in [-0.05, 0) is 62.2 Å². The first-order valence-electron chi connectivity index (χ1n) is 11.8. The van der Waals surface area contributed by atoms with Crippen LogP contribution in [-0.4, -0.2) is 51.3 Å². The van der Waals surface area contributed by atoms with E-state index in [4.69, 9.17) is 5.10 Å². The minimum Gasteiger partial charge on any atom is -0.368 e. The Bertz CT molecular complexity index is 1340. The molecule has 0 bridgehead atoms. The van der Waals surface area contributed by atoms with Gasteiger partial charge in [-0.2, -0.15) is 5.10 Å². The van der Waals surface area contributed by atoms with Gasteiger partial charge in [0.25, 0.3) is 5.91 Å². The van der Waals surface area contributed by atoms with Gasteiger partial charge in [-0.25, -0.2) is 4.68 Å². The summed E-state index contributed by atoms with van der Waals surface area (Å²) in [5.41, 5.74) is 8.14. The standard InChI is InChI=1S/C28H31N5O/c1-20-11-12-25(22(3)18-20)33-27(19-23(29-33)26-10-7-13-30(26)4)28(34)32-16-14-31(15-17-32)24-9-6-5-8-21(24)2/h5-13,18-19H,14-17H2,1-4H3. The summed E-state index contributed by atoms with van der Waals surface area (Å²) in [6.07, 6.45) is 2.00. The van der Waals surface area contributed by atoms with Gasteiger partial charge in [-0.3, -0.25) is 4.79 Å². The highest BCUT2D eigenvalue weighted by atomic mass is 16.2. The second-order valence-electron chi connectivity index (χ2n) is 9.19. The van der Waals surface area contributed by atoms with Crippen LogP contribution in [-0.2, 0) is 7.05 Å². The van der Waals surface area contributed by atoms with Crippen molar-refractivity contribution in [3.8, 4) is 17.1 Å². The Balaban J connectivity index is 1.46. The largest absolute Gasteiger partial charge is 0.368 e. The van der Waals surface area contributed by atoms with Crippen molar-refractivity contribution < 1.29 is 4.79 Å². The molecule has 0 radical (unpaired) electrons. The average Bonchev–Trinajstić information content (AvgIpc) is 3.45. The first-order chi connectivity index (χ1) is 16.4. The number of para-hydroxylation sites is 1. The second-order valence-corrected chi connectivity index (χ2v) is 9.19. The topological polar surface area (TPSA) is 46.3 Å². The van der Waals surface area contributed by atoms with Crippen molar-refractivity contribution in [2.24, 2.45) is 7.05 Å². The zero-order valence-corrected chi connectivity index (χ0v) is 20.3. The van der Waals surface area contributed by atoms with Crippen molar-refractivity contribution in [2.75, 3.05) is 31.1 Å². The zero-order valence-electron chi connectivity index (χ0n) is 20.3. The van der Waals surface area contributed by atoms with Crippen LogP contribution in [0.3, 0.4) is 0 Å². The van der Waals surface area contributed by atoms with E-state index in [0.29, 0.717) is 18.8 Å². The Morgan fingerprint density at radius 3 is 2.26 bits per heavy atom. The molecule has 0 atom stereocenters. The first-order valence-corrected chi connectivity index (χ1v) is 11.8. The van der Waals surface area contributed by atoms with Crippen LogP contribution in [0.2, 0.25) is 0 Å². The quantitative estimate of drug-likeness (QED) is 0.447. The summed E-state index contributed by atoms with van der Waals surface area (Å²) in [6.45, 7) is 9.30. The van der Waals surface area contributed by atoms with Crippen molar-refractivity contribution in [1.29, 1.82) is 0 Å². The van der Waals surface area contributed by atoms with Crippen LogP contribution in [0.25, 0.3) is 17.1 Å². The molecule has 0 N–H and O–H groups in total. The lowest BCUT2D eigenvalue weighted by molar-refractivity contribution is 0.0737. The van der Waals surface area contributed by atoms with Gasteiger partial charge in [-0.1, -0.05) is 35.9 Å². The summed E-state index contributed by atoms with van der Waals surface area (Å²) in [6, 6.07) is 20.7. The SMILES string of the molecule is Cc1ccc(-n2nc(-c3cccn3C)cc2C(=O)N2CCN(c3ccccc3C)CC2)c(C)c1. The number of amides is 1. The van der Waals surface area contributed by atoms with Crippen molar-refractivity contribution >= 4 is 11.6 Å². The molecule has 5 rings (SSSR count). The summed E-state index contributed by atoms with van der Waals surface area (Å²) >= 11 is 0. The highest BCUT2D eigenvalue weighted by Gasteiger charge is 2.27. The van der Waals surface area contributed by atoms with Crippen LogP contribution in [0, 0.1) is 20.8 Å². The number of carbonyl (C=O) groups is 1. The summed E-state index contributed by atoms with van der Waals surface area (Å²) in [7, 11) is 2.00. The minimum absolute atomic E-state index is 0.0253. The molecule has 1 fully saturated rings. The lowest BCUT2D eigenvalue weighted by Gasteiger charge is -2.36. The van der Waals surface area contributed by atoms with E-state index in [1.54, 1.807) is 0 Å². The maximum absolute atomic E-state index is 13.8. The van der Waals surface area contributed by atoms with Crippen LogP contribution in [0.5, 0.6) is 0 Å². The molecule has 1 aliphatic heterocycles. The Labute approximate surface area is 201 Å². The van der Waals surface area contributed by atoms with Gasteiger partial charge in [0.2, 0.25) is 0 Å². The number of nitrogens with zero attached hydrogens (tertiary/aromatic N) is 5. The molecule has 1 aliphatic rings. The van der Waals surface area contributed by atoms with E-state index in [2.05, 4.69) is 68.1 Å². The van der Waals surface area contributed by atoms with Crippen molar-refractivity contribution in [3.05, 3.63) is 89.2 Å². The number of carbonyl (C=O) groups excluding carboxylic acids is 1. The molecule has 1 amide bonds. The van der Waals surface area contributed by atoms with E-state index in [1.165, 1.54) is 16.8 Å². The molecule has 6 nitrogen and oxygen atoms in total. The number of anilines is 1. The molecule has 2 aromatic carbocycles. The molecule has 4 aromatic rings. The van der Waals surface area contributed by atoms with Crippen molar-refractivity contribution in [3.63, 3.8) is 0 Å². The molecule has 6 heteroatoms. The molecule has 1 saturated heterocycles. The molecule has 3 heterocycles. The third kappa shape index (κ3) is 4.00. The van der Waals surface area contributed by atoms with Gasteiger partial charge in [0.15, 0.2) is 0 Å². The summed E-state index contributed by atoms with van der Waals surface area (Å²) in [4.78, 5) is 18.1. The fourth-order valence-corrected chi connectivity index (χ4v) is 4.84. The predicted octanol–water partition coefficient (Wildman–Crippen LogP) is 4.77. The highest BCUT2D eigenvalue weighted by molar-refractivity contribution is 5.94. The van der Waals surface area contributed by atoms with E-state index in [1.807, 2.05) is 45.6 Å². The van der Waals surface area contributed by atoms with E-state index in [-0.39, 0.29) is 5.91 Å². The number of rotatable bonds is 4. The summed E-state index contributed by atoms with van der Waals surface area (Å²) in [5.74, 6) is 0.0253. The smallest absolute Gasteiger partial charge is 0.272 e. The minimum atomic E-state index is 0.0253.